The van der Waals surface area contributed by atoms with E-state index in [4.69, 9.17) is 9.47 Å². The van der Waals surface area contributed by atoms with Gasteiger partial charge < -0.3 is 14.8 Å². The first kappa shape index (κ1) is 23.1. The Labute approximate surface area is 197 Å². The number of anilines is 3. The number of hydrogen-bond acceptors (Lipinski definition) is 6. The molecule has 0 radical (unpaired) electrons. The Kier molecular flexibility index (Phi) is 6.42. The van der Waals surface area contributed by atoms with E-state index in [0.29, 0.717) is 28.1 Å². The molecule has 0 fully saturated rings. The minimum absolute atomic E-state index is 0.0760. The van der Waals surface area contributed by atoms with E-state index < -0.39 is 28.5 Å². The molecule has 0 saturated carbocycles. The number of urea groups is 1. The van der Waals surface area contributed by atoms with Gasteiger partial charge >= 0.3 is 6.03 Å². The third-order valence-electron chi connectivity index (χ3n) is 5.15. The molecule has 0 aliphatic carbocycles. The van der Waals surface area contributed by atoms with E-state index >= 15 is 0 Å². The van der Waals surface area contributed by atoms with Crippen molar-refractivity contribution in [3.05, 3.63) is 72.8 Å². The summed E-state index contributed by atoms with van der Waals surface area (Å²) in [4.78, 5) is 27.5. The predicted octanol–water partition coefficient (Wildman–Crippen LogP) is 3.87. The second-order valence-corrected chi connectivity index (χ2v) is 9.04. The van der Waals surface area contributed by atoms with Crippen molar-refractivity contribution in [2.24, 2.45) is 0 Å². The van der Waals surface area contributed by atoms with Crippen LogP contribution in [0.3, 0.4) is 0 Å². The molecule has 4 rings (SSSR count). The molecular formula is C24H23N3O6S. The van der Waals surface area contributed by atoms with E-state index in [9.17, 15) is 18.0 Å². The van der Waals surface area contributed by atoms with Gasteiger partial charge in [0, 0.05) is 0 Å². The fourth-order valence-electron chi connectivity index (χ4n) is 3.62. The zero-order chi connectivity index (χ0) is 24.3. The Balaban J connectivity index is 1.69. The summed E-state index contributed by atoms with van der Waals surface area (Å²) in [6.07, 6.45) is 0. The average molecular weight is 482 g/mol. The second kappa shape index (κ2) is 9.44. The van der Waals surface area contributed by atoms with Crippen molar-refractivity contribution in [1.29, 1.82) is 0 Å². The minimum Gasteiger partial charge on any atom is -0.497 e. The maximum atomic E-state index is 13.5. The van der Waals surface area contributed by atoms with Gasteiger partial charge in [-0.25, -0.2) is 13.2 Å². The lowest BCUT2D eigenvalue weighted by Crippen LogP contribution is -2.53. The van der Waals surface area contributed by atoms with Gasteiger partial charge in [-0.2, -0.15) is 4.31 Å². The standard InChI is InChI=1S/C24H23N3O6S/c1-3-33-21-10-6-4-8-19(21)25-23(28)16-26-20-9-5-7-11-22(20)34(30,31)27(24(26)29)17-12-14-18(32-2)15-13-17/h4-15H,3,16H2,1-2H3,(H,25,28). The molecular weight excluding hydrogens is 458 g/mol. The number of benzene rings is 3. The Hall–Kier alpha value is -4.05. The molecule has 0 atom stereocenters. The van der Waals surface area contributed by atoms with Gasteiger partial charge in [0.2, 0.25) is 5.91 Å². The highest BCUT2D eigenvalue weighted by Gasteiger charge is 2.43. The number of carbonyl (C=O) groups is 2. The smallest absolute Gasteiger partial charge is 0.343 e. The minimum atomic E-state index is -4.20. The zero-order valence-corrected chi connectivity index (χ0v) is 19.4. The topological polar surface area (TPSA) is 105 Å². The van der Waals surface area contributed by atoms with Gasteiger partial charge in [-0.05, 0) is 55.5 Å². The maximum Gasteiger partial charge on any atom is 0.343 e. The van der Waals surface area contributed by atoms with Crippen LogP contribution in [0.25, 0.3) is 0 Å². The molecule has 176 valence electrons. The molecule has 1 N–H and O–H groups in total. The number of fused-ring (bicyclic) bond motifs is 1. The lowest BCUT2D eigenvalue weighted by molar-refractivity contribution is -0.114. The number of carbonyl (C=O) groups excluding carboxylic acids is 2. The third kappa shape index (κ3) is 4.27. The second-order valence-electron chi connectivity index (χ2n) is 7.28. The fraction of sp³-hybridized carbons (Fsp3) is 0.167. The lowest BCUT2D eigenvalue weighted by Gasteiger charge is -2.35. The van der Waals surface area contributed by atoms with Crippen LogP contribution in [0.4, 0.5) is 21.9 Å². The van der Waals surface area contributed by atoms with Gasteiger partial charge in [-0.15, -0.1) is 0 Å². The SMILES string of the molecule is CCOc1ccccc1NC(=O)CN1C(=O)N(c2ccc(OC)cc2)S(=O)(=O)c2ccccc21. The molecule has 10 heteroatoms. The van der Waals surface area contributed by atoms with Crippen LogP contribution in [0.2, 0.25) is 0 Å². The summed E-state index contributed by atoms with van der Waals surface area (Å²) in [6, 6.07) is 18.2. The fourth-order valence-corrected chi connectivity index (χ4v) is 5.21. The predicted molar refractivity (Wildman–Crippen MR) is 128 cm³/mol. The van der Waals surface area contributed by atoms with Gasteiger partial charge in [0.1, 0.15) is 22.9 Å². The number of hydrogen-bond donors (Lipinski definition) is 1. The molecule has 3 amide bonds. The van der Waals surface area contributed by atoms with Crippen LogP contribution in [0.15, 0.2) is 77.7 Å². The van der Waals surface area contributed by atoms with Crippen LogP contribution in [-0.2, 0) is 14.8 Å². The molecule has 0 unspecified atom stereocenters. The first-order valence-electron chi connectivity index (χ1n) is 10.5. The molecule has 0 spiro atoms. The quantitative estimate of drug-likeness (QED) is 0.549. The summed E-state index contributed by atoms with van der Waals surface area (Å²) in [6.45, 7) is 1.84. The highest BCUT2D eigenvalue weighted by atomic mass is 32.2. The van der Waals surface area contributed by atoms with Gasteiger partial charge in [0.05, 0.1) is 30.8 Å². The lowest BCUT2D eigenvalue weighted by atomic mass is 10.2. The molecule has 34 heavy (non-hydrogen) atoms. The van der Waals surface area contributed by atoms with Crippen molar-refractivity contribution in [2.75, 3.05) is 34.8 Å². The zero-order valence-electron chi connectivity index (χ0n) is 18.6. The Morgan fingerprint density at radius 3 is 2.35 bits per heavy atom. The van der Waals surface area contributed by atoms with Crippen molar-refractivity contribution in [2.45, 2.75) is 11.8 Å². The Bertz CT molecular complexity index is 1320. The molecule has 1 heterocycles. The molecule has 1 aliphatic rings. The van der Waals surface area contributed by atoms with Gasteiger partial charge in [-0.3, -0.25) is 9.69 Å². The monoisotopic (exact) mass is 481 g/mol. The highest BCUT2D eigenvalue weighted by molar-refractivity contribution is 7.94. The summed E-state index contributed by atoms with van der Waals surface area (Å²) in [5.41, 5.74) is 0.713. The molecule has 1 aliphatic heterocycles. The normalized spacial score (nSPS) is 14.4. The van der Waals surface area contributed by atoms with Crippen LogP contribution >= 0.6 is 0 Å². The number of amides is 3. The van der Waals surface area contributed by atoms with Crippen LogP contribution in [0.5, 0.6) is 11.5 Å². The van der Waals surface area contributed by atoms with Crippen molar-refractivity contribution >= 4 is 39.0 Å². The number of methoxy groups -OCH3 is 1. The number of ether oxygens (including phenoxy) is 2. The first-order chi connectivity index (χ1) is 16.4. The molecule has 3 aromatic carbocycles. The van der Waals surface area contributed by atoms with E-state index in [0.717, 1.165) is 4.90 Å². The molecule has 0 saturated heterocycles. The molecule has 9 nitrogen and oxygen atoms in total. The number of nitrogens with zero attached hydrogens (tertiary/aromatic N) is 2. The number of nitrogens with one attached hydrogen (secondary N) is 1. The number of sulfonamides is 1. The first-order valence-corrected chi connectivity index (χ1v) is 11.9. The summed E-state index contributed by atoms with van der Waals surface area (Å²) in [5.74, 6) is 0.491. The summed E-state index contributed by atoms with van der Waals surface area (Å²) < 4.78 is 38.0. The Morgan fingerprint density at radius 1 is 0.971 bits per heavy atom. The highest BCUT2D eigenvalue weighted by Crippen LogP contribution is 2.37. The van der Waals surface area contributed by atoms with Crippen LogP contribution < -0.4 is 24.0 Å². The van der Waals surface area contributed by atoms with E-state index in [-0.39, 0.29) is 16.3 Å². The molecule has 0 bridgehead atoms. The molecule has 0 aromatic heterocycles. The number of rotatable bonds is 7. The van der Waals surface area contributed by atoms with Gasteiger partial charge in [0.25, 0.3) is 10.0 Å². The van der Waals surface area contributed by atoms with Crippen molar-refractivity contribution in [1.82, 2.24) is 0 Å². The van der Waals surface area contributed by atoms with Crippen LogP contribution in [0, 0.1) is 0 Å². The number of para-hydroxylation sites is 3. The maximum absolute atomic E-state index is 13.5. The van der Waals surface area contributed by atoms with Gasteiger partial charge in [-0.1, -0.05) is 24.3 Å². The van der Waals surface area contributed by atoms with Crippen molar-refractivity contribution in [3.8, 4) is 11.5 Å². The summed E-state index contributed by atoms with van der Waals surface area (Å²) in [5, 5.41) is 2.74. The van der Waals surface area contributed by atoms with Crippen LogP contribution in [0.1, 0.15) is 6.92 Å². The average Bonchev–Trinajstić information content (AvgIpc) is 2.83. The summed E-state index contributed by atoms with van der Waals surface area (Å²) >= 11 is 0. The van der Waals surface area contributed by atoms with E-state index in [1.54, 1.807) is 48.5 Å². The van der Waals surface area contributed by atoms with Gasteiger partial charge in [0.15, 0.2) is 0 Å². The van der Waals surface area contributed by atoms with Crippen molar-refractivity contribution < 1.29 is 27.5 Å². The van der Waals surface area contributed by atoms with E-state index in [1.165, 1.54) is 31.4 Å². The van der Waals surface area contributed by atoms with Crippen LogP contribution in [-0.4, -0.2) is 40.6 Å². The van der Waals surface area contributed by atoms with E-state index in [2.05, 4.69) is 5.32 Å². The summed E-state index contributed by atoms with van der Waals surface area (Å²) in [7, 11) is -2.71. The third-order valence-corrected chi connectivity index (χ3v) is 6.90. The van der Waals surface area contributed by atoms with E-state index in [1.807, 2.05) is 6.92 Å². The largest absolute Gasteiger partial charge is 0.497 e. The van der Waals surface area contributed by atoms with Crippen molar-refractivity contribution in [3.63, 3.8) is 0 Å². The molecule has 3 aromatic rings. The Morgan fingerprint density at radius 2 is 1.65 bits per heavy atom.